The number of aryl methyl sites for hydroxylation is 1. The highest BCUT2D eigenvalue weighted by molar-refractivity contribution is 5.92. The van der Waals surface area contributed by atoms with Crippen molar-refractivity contribution in [3.8, 4) is 0 Å². The molecule has 0 spiro atoms. The number of carbonyl (C=O) groups excluding carboxylic acids is 1. The molecule has 6 heteroatoms. The lowest BCUT2D eigenvalue weighted by atomic mass is 10.2. The molecule has 0 aliphatic heterocycles. The van der Waals surface area contributed by atoms with Gasteiger partial charge in [-0.05, 0) is 39.2 Å². The van der Waals surface area contributed by atoms with E-state index in [1.807, 2.05) is 11.6 Å². The summed E-state index contributed by atoms with van der Waals surface area (Å²) in [5.74, 6) is -1.11. The van der Waals surface area contributed by atoms with Gasteiger partial charge in [0.2, 0.25) is 0 Å². The molecule has 1 atom stereocenters. The lowest BCUT2D eigenvalue weighted by Gasteiger charge is -2.15. The summed E-state index contributed by atoms with van der Waals surface area (Å²) < 4.78 is 1.90. The molecule has 2 N–H and O–H groups in total. The number of aliphatic carboxylic acids is 1. The summed E-state index contributed by atoms with van der Waals surface area (Å²) in [4.78, 5) is 22.7. The molecule has 1 aromatic heterocycles. The van der Waals surface area contributed by atoms with E-state index in [0.717, 1.165) is 18.5 Å². The van der Waals surface area contributed by atoms with E-state index in [9.17, 15) is 9.59 Å². The van der Waals surface area contributed by atoms with E-state index < -0.39 is 5.97 Å². The maximum atomic E-state index is 12.1. The lowest BCUT2D eigenvalue weighted by Crippen LogP contribution is -2.33. The monoisotopic (exact) mass is 295 g/mol. The quantitative estimate of drug-likeness (QED) is 0.772. The zero-order valence-corrected chi connectivity index (χ0v) is 13.2. The zero-order valence-electron chi connectivity index (χ0n) is 13.2. The van der Waals surface area contributed by atoms with Crippen LogP contribution in [-0.2, 0) is 4.79 Å². The number of amides is 1. The Morgan fingerprint density at radius 3 is 2.52 bits per heavy atom. The normalized spacial score (nSPS) is 12.4. The van der Waals surface area contributed by atoms with Gasteiger partial charge in [0.15, 0.2) is 0 Å². The number of hydrogen-bond donors (Lipinski definition) is 2. The van der Waals surface area contributed by atoms with Crippen LogP contribution in [0.5, 0.6) is 0 Å². The Balaban J connectivity index is 2.71. The predicted molar refractivity (Wildman–Crippen MR) is 80.4 cm³/mol. The molecule has 1 unspecified atom stereocenters. The summed E-state index contributed by atoms with van der Waals surface area (Å²) in [6.45, 7) is 7.94. The molecule has 0 fully saturated rings. The summed E-state index contributed by atoms with van der Waals surface area (Å²) >= 11 is 0. The van der Waals surface area contributed by atoms with Gasteiger partial charge in [0.05, 0.1) is 6.04 Å². The van der Waals surface area contributed by atoms with Gasteiger partial charge in [0.25, 0.3) is 5.91 Å². The standard InChI is InChI=1S/C15H25N3O3/c1-5-12(6-2)18-11(4)9-13(17-18)15(21)16-10(3)7-8-14(19)20/h9-10,12H,5-8H2,1-4H3,(H,16,21)(H,19,20). The molecule has 118 valence electrons. The van der Waals surface area contributed by atoms with E-state index in [-0.39, 0.29) is 18.4 Å². The maximum Gasteiger partial charge on any atom is 0.303 e. The van der Waals surface area contributed by atoms with Crippen LogP contribution in [0.1, 0.15) is 68.7 Å². The first-order chi connectivity index (χ1) is 9.88. The minimum Gasteiger partial charge on any atom is -0.481 e. The van der Waals surface area contributed by atoms with Gasteiger partial charge in [-0.3, -0.25) is 14.3 Å². The highest BCUT2D eigenvalue weighted by atomic mass is 16.4. The Kier molecular flexibility index (Phi) is 6.39. The van der Waals surface area contributed by atoms with E-state index in [1.54, 1.807) is 13.0 Å². The smallest absolute Gasteiger partial charge is 0.303 e. The SMILES string of the molecule is CCC(CC)n1nc(C(=O)NC(C)CCC(=O)O)cc1C. The summed E-state index contributed by atoms with van der Waals surface area (Å²) in [6, 6.07) is 1.89. The number of aromatic nitrogens is 2. The number of carbonyl (C=O) groups is 2. The fourth-order valence-corrected chi connectivity index (χ4v) is 2.31. The predicted octanol–water partition coefficient (Wildman–Crippen LogP) is 2.54. The van der Waals surface area contributed by atoms with E-state index in [0.29, 0.717) is 18.2 Å². The first kappa shape index (κ1) is 17.2. The summed E-state index contributed by atoms with van der Waals surface area (Å²) in [6.07, 6.45) is 2.39. The molecule has 1 amide bonds. The number of rotatable bonds is 8. The minimum absolute atomic E-state index is 0.0443. The van der Waals surface area contributed by atoms with Crippen LogP contribution in [0.15, 0.2) is 6.07 Å². The second-order valence-corrected chi connectivity index (χ2v) is 5.39. The van der Waals surface area contributed by atoms with Crippen molar-refractivity contribution in [1.29, 1.82) is 0 Å². The minimum atomic E-state index is -0.857. The second-order valence-electron chi connectivity index (χ2n) is 5.39. The van der Waals surface area contributed by atoms with Crippen molar-refractivity contribution in [2.45, 2.75) is 65.5 Å². The maximum absolute atomic E-state index is 12.1. The molecule has 1 aromatic rings. The molecule has 1 heterocycles. The fraction of sp³-hybridized carbons (Fsp3) is 0.667. The van der Waals surface area contributed by atoms with Crippen molar-refractivity contribution >= 4 is 11.9 Å². The highest BCUT2D eigenvalue weighted by Gasteiger charge is 2.17. The third-order valence-corrected chi connectivity index (χ3v) is 3.61. The van der Waals surface area contributed by atoms with Crippen molar-refractivity contribution in [2.24, 2.45) is 0 Å². The lowest BCUT2D eigenvalue weighted by molar-refractivity contribution is -0.137. The Hall–Kier alpha value is -1.85. The van der Waals surface area contributed by atoms with Crippen LogP contribution >= 0.6 is 0 Å². The molecular formula is C15H25N3O3. The van der Waals surface area contributed by atoms with E-state index in [2.05, 4.69) is 24.3 Å². The number of carboxylic acid groups (broad SMARTS) is 1. The van der Waals surface area contributed by atoms with Crippen molar-refractivity contribution in [1.82, 2.24) is 15.1 Å². The molecule has 1 rings (SSSR count). The first-order valence-electron chi connectivity index (χ1n) is 7.47. The molecule has 0 aromatic carbocycles. The van der Waals surface area contributed by atoms with Gasteiger partial charge in [0.1, 0.15) is 5.69 Å². The molecule has 0 radical (unpaired) electrons. The van der Waals surface area contributed by atoms with Crippen LogP contribution in [0, 0.1) is 6.92 Å². The van der Waals surface area contributed by atoms with Crippen LogP contribution in [0.3, 0.4) is 0 Å². The van der Waals surface area contributed by atoms with Gasteiger partial charge in [-0.25, -0.2) is 0 Å². The van der Waals surface area contributed by atoms with Gasteiger partial charge in [0, 0.05) is 18.2 Å². The summed E-state index contributed by atoms with van der Waals surface area (Å²) in [5.41, 5.74) is 1.36. The van der Waals surface area contributed by atoms with Crippen molar-refractivity contribution in [2.75, 3.05) is 0 Å². The average Bonchev–Trinajstić information content (AvgIpc) is 2.80. The molecule has 0 saturated heterocycles. The van der Waals surface area contributed by atoms with Crippen LogP contribution in [0.25, 0.3) is 0 Å². The summed E-state index contributed by atoms with van der Waals surface area (Å²) in [7, 11) is 0. The van der Waals surface area contributed by atoms with Gasteiger partial charge < -0.3 is 10.4 Å². The third-order valence-electron chi connectivity index (χ3n) is 3.61. The van der Waals surface area contributed by atoms with E-state index >= 15 is 0 Å². The molecule has 0 saturated carbocycles. The topological polar surface area (TPSA) is 84.2 Å². The number of hydrogen-bond acceptors (Lipinski definition) is 3. The van der Waals surface area contributed by atoms with Crippen LogP contribution in [0.2, 0.25) is 0 Å². The fourth-order valence-electron chi connectivity index (χ4n) is 2.31. The highest BCUT2D eigenvalue weighted by Crippen LogP contribution is 2.18. The average molecular weight is 295 g/mol. The van der Waals surface area contributed by atoms with Gasteiger partial charge in [-0.15, -0.1) is 0 Å². The Labute approximate surface area is 125 Å². The third kappa shape index (κ3) is 4.88. The number of nitrogens with zero attached hydrogens (tertiary/aromatic N) is 2. The molecule has 0 bridgehead atoms. The van der Waals surface area contributed by atoms with Gasteiger partial charge in [-0.1, -0.05) is 13.8 Å². The second kappa shape index (κ2) is 7.81. The Morgan fingerprint density at radius 1 is 1.38 bits per heavy atom. The molecule has 6 nitrogen and oxygen atoms in total. The summed E-state index contributed by atoms with van der Waals surface area (Å²) in [5, 5.41) is 15.8. The van der Waals surface area contributed by atoms with Crippen LogP contribution < -0.4 is 5.32 Å². The molecular weight excluding hydrogens is 270 g/mol. The van der Waals surface area contributed by atoms with Crippen LogP contribution in [-0.4, -0.2) is 32.8 Å². The van der Waals surface area contributed by atoms with E-state index in [4.69, 9.17) is 5.11 Å². The molecule has 0 aliphatic carbocycles. The largest absolute Gasteiger partial charge is 0.481 e. The zero-order chi connectivity index (χ0) is 16.0. The number of carboxylic acids is 1. The van der Waals surface area contributed by atoms with Crippen LogP contribution in [0.4, 0.5) is 0 Å². The van der Waals surface area contributed by atoms with Crippen molar-refractivity contribution < 1.29 is 14.7 Å². The number of nitrogens with one attached hydrogen (secondary N) is 1. The van der Waals surface area contributed by atoms with E-state index in [1.165, 1.54) is 0 Å². The Bertz CT molecular complexity index is 492. The first-order valence-corrected chi connectivity index (χ1v) is 7.47. The molecule has 0 aliphatic rings. The van der Waals surface area contributed by atoms with Crippen molar-refractivity contribution in [3.63, 3.8) is 0 Å². The molecule has 21 heavy (non-hydrogen) atoms. The van der Waals surface area contributed by atoms with Gasteiger partial charge in [-0.2, -0.15) is 5.10 Å². The van der Waals surface area contributed by atoms with Gasteiger partial charge >= 0.3 is 5.97 Å². The van der Waals surface area contributed by atoms with Crippen molar-refractivity contribution in [3.05, 3.63) is 17.5 Å². The Morgan fingerprint density at radius 2 is 2.00 bits per heavy atom.